The Balaban J connectivity index is 2.97. The van der Waals surface area contributed by atoms with Gasteiger partial charge >= 0.3 is 0 Å². The second kappa shape index (κ2) is 2.80. The normalized spacial score (nSPS) is 26.8. The number of rotatable bonds is 0. The van der Waals surface area contributed by atoms with Crippen LogP contribution in [0.1, 0.15) is 40.5 Å². The molecule has 1 heterocycles. The van der Waals surface area contributed by atoms with Gasteiger partial charge in [-0.25, -0.2) is 0 Å². The zero-order valence-electron chi connectivity index (χ0n) is 8.79. The van der Waals surface area contributed by atoms with Gasteiger partial charge in [-0.1, -0.05) is 0 Å². The van der Waals surface area contributed by atoms with Gasteiger partial charge in [0.25, 0.3) is 0 Å². The van der Waals surface area contributed by atoms with Crippen LogP contribution in [0.3, 0.4) is 0 Å². The molecule has 0 aliphatic carbocycles. The van der Waals surface area contributed by atoms with E-state index in [-0.39, 0.29) is 5.92 Å². The second-order valence-electron chi connectivity index (χ2n) is 5.15. The molecule has 1 rings (SSSR count). The van der Waals surface area contributed by atoms with Crippen molar-refractivity contribution in [1.29, 1.82) is 5.26 Å². The van der Waals surface area contributed by atoms with Gasteiger partial charge in [0.05, 0.1) is 12.0 Å². The highest BCUT2D eigenvalue weighted by Crippen LogP contribution is 2.37. The first-order valence-corrected chi connectivity index (χ1v) is 4.67. The van der Waals surface area contributed by atoms with E-state index in [0.29, 0.717) is 12.8 Å². The van der Waals surface area contributed by atoms with Crippen LogP contribution in [-0.4, -0.2) is 15.8 Å². The Morgan fingerprint density at radius 1 is 1.23 bits per heavy atom. The van der Waals surface area contributed by atoms with Gasteiger partial charge in [0.15, 0.2) is 0 Å². The van der Waals surface area contributed by atoms with E-state index in [9.17, 15) is 4.91 Å². The Bertz CT molecular complexity index is 253. The van der Waals surface area contributed by atoms with E-state index >= 15 is 0 Å². The first kappa shape index (κ1) is 10.2. The number of nitrogens with zero attached hydrogens (tertiary/aromatic N) is 2. The van der Waals surface area contributed by atoms with E-state index in [2.05, 4.69) is 6.07 Å². The van der Waals surface area contributed by atoms with E-state index in [0.717, 1.165) is 4.76 Å². The standard InChI is InChI=1S/C10H17N2O/c1-9(2)5-8(7-11)6-10(3,4)12(9)13/h8H,5-6H2,1-4H3/q+1. The van der Waals surface area contributed by atoms with E-state index in [1.54, 1.807) is 0 Å². The summed E-state index contributed by atoms with van der Waals surface area (Å²) in [5.41, 5.74) is -0.801. The summed E-state index contributed by atoms with van der Waals surface area (Å²) >= 11 is 0. The lowest BCUT2D eigenvalue weighted by Crippen LogP contribution is -2.53. The molecule has 0 amide bonds. The lowest BCUT2D eigenvalue weighted by molar-refractivity contribution is -0.694. The summed E-state index contributed by atoms with van der Waals surface area (Å²) < 4.78 is 1.15. The molecule has 0 spiro atoms. The van der Waals surface area contributed by atoms with E-state index in [1.165, 1.54) is 0 Å². The predicted octanol–water partition coefficient (Wildman–Crippen LogP) is 2.26. The smallest absolute Gasteiger partial charge is 0.198 e. The molecule has 0 saturated carbocycles. The molecule has 1 aliphatic heterocycles. The Morgan fingerprint density at radius 3 is 1.92 bits per heavy atom. The molecule has 0 radical (unpaired) electrons. The van der Waals surface area contributed by atoms with Gasteiger partial charge in [0.2, 0.25) is 11.1 Å². The van der Waals surface area contributed by atoms with Gasteiger partial charge in [-0.15, -0.1) is 0 Å². The lowest BCUT2D eigenvalue weighted by atomic mass is 9.76. The first-order chi connectivity index (χ1) is 5.79. The van der Waals surface area contributed by atoms with Crippen LogP contribution in [0, 0.1) is 22.2 Å². The number of hydrogen-bond acceptors (Lipinski definition) is 2. The van der Waals surface area contributed by atoms with Crippen LogP contribution >= 0.6 is 0 Å². The summed E-state index contributed by atoms with van der Waals surface area (Å²) in [6, 6.07) is 2.27. The molecule has 13 heavy (non-hydrogen) atoms. The topological polar surface area (TPSA) is 43.9 Å². The van der Waals surface area contributed by atoms with Crippen molar-refractivity contribution in [1.82, 2.24) is 0 Å². The molecule has 0 N–H and O–H groups in total. The van der Waals surface area contributed by atoms with Crippen LogP contribution < -0.4 is 0 Å². The molecular weight excluding hydrogens is 164 g/mol. The maximum Gasteiger partial charge on any atom is 0.207 e. The second-order valence-corrected chi connectivity index (χ2v) is 5.15. The Kier molecular flexibility index (Phi) is 2.19. The number of nitriles is 1. The molecule has 1 fully saturated rings. The van der Waals surface area contributed by atoms with Gasteiger partial charge in [0.1, 0.15) is 0 Å². The number of piperidine rings is 1. The van der Waals surface area contributed by atoms with Crippen molar-refractivity contribution in [3.63, 3.8) is 0 Å². The number of hydrogen-bond donors (Lipinski definition) is 0. The van der Waals surface area contributed by atoms with Crippen LogP contribution in [0.25, 0.3) is 0 Å². The highest BCUT2D eigenvalue weighted by Gasteiger charge is 2.53. The summed E-state index contributed by atoms with van der Waals surface area (Å²) in [7, 11) is 0. The van der Waals surface area contributed by atoms with Crippen molar-refractivity contribution in [2.75, 3.05) is 0 Å². The summed E-state index contributed by atoms with van der Waals surface area (Å²) in [5, 5.41) is 8.87. The quantitative estimate of drug-likeness (QED) is 0.538. The third-order valence-corrected chi connectivity index (χ3v) is 2.77. The van der Waals surface area contributed by atoms with E-state index in [4.69, 9.17) is 5.26 Å². The molecule has 0 aromatic rings. The molecule has 0 aromatic carbocycles. The predicted molar refractivity (Wildman–Crippen MR) is 50.1 cm³/mol. The van der Waals surface area contributed by atoms with Gasteiger partial charge in [-0.2, -0.15) is 5.26 Å². The molecule has 72 valence electrons. The molecule has 1 saturated heterocycles. The SMILES string of the molecule is CC1(C)CC(C#N)CC(C)(C)[N+]1=O. The summed E-state index contributed by atoms with van der Waals surface area (Å²) in [6.07, 6.45) is 1.35. The molecule has 3 nitrogen and oxygen atoms in total. The Hall–Kier alpha value is -0.910. The summed E-state index contributed by atoms with van der Waals surface area (Å²) in [5.74, 6) is 0.0233. The van der Waals surface area contributed by atoms with Crippen LogP contribution in [-0.2, 0) is 0 Å². The van der Waals surface area contributed by atoms with Crippen molar-refractivity contribution < 1.29 is 4.76 Å². The Labute approximate surface area is 79.3 Å². The van der Waals surface area contributed by atoms with Crippen LogP contribution in [0.15, 0.2) is 0 Å². The van der Waals surface area contributed by atoms with Crippen molar-refractivity contribution in [2.24, 2.45) is 5.92 Å². The fourth-order valence-corrected chi connectivity index (χ4v) is 2.35. The minimum atomic E-state index is -0.401. The fraction of sp³-hybridized carbons (Fsp3) is 0.900. The molecule has 3 heteroatoms. The fourth-order valence-electron chi connectivity index (χ4n) is 2.35. The number of nitroso groups, excluding NO2 is 1. The first-order valence-electron chi connectivity index (χ1n) is 4.67. The summed E-state index contributed by atoms with van der Waals surface area (Å²) in [6.45, 7) is 7.63. The molecule has 1 aliphatic rings. The third-order valence-electron chi connectivity index (χ3n) is 2.77. The lowest BCUT2D eigenvalue weighted by Gasteiger charge is -2.33. The van der Waals surface area contributed by atoms with Crippen LogP contribution in [0.2, 0.25) is 0 Å². The molecule has 0 aromatic heterocycles. The largest absolute Gasteiger partial charge is 0.207 e. The zero-order chi connectivity index (χ0) is 10.3. The van der Waals surface area contributed by atoms with Gasteiger partial charge in [0, 0.05) is 50.2 Å². The molecule has 0 unspecified atom stereocenters. The maximum atomic E-state index is 11.8. The molecule has 0 bridgehead atoms. The average molecular weight is 181 g/mol. The zero-order valence-corrected chi connectivity index (χ0v) is 8.79. The van der Waals surface area contributed by atoms with Crippen LogP contribution in [0.4, 0.5) is 0 Å². The van der Waals surface area contributed by atoms with Crippen molar-refractivity contribution in [2.45, 2.75) is 51.6 Å². The summed E-state index contributed by atoms with van der Waals surface area (Å²) in [4.78, 5) is 11.8. The molecule has 0 atom stereocenters. The third kappa shape index (κ3) is 1.72. The van der Waals surface area contributed by atoms with E-state index in [1.807, 2.05) is 27.7 Å². The highest BCUT2D eigenvalue weighted by molar-refractivity contribution is 4.95. The van der Waals surface area contributed by atoms with Crippen LogP contribution in [0.5, 0.6) is 0 Å². The minimum absolute atomic E-state index is 0.0233. The van der Waals surface area contributed by atoms with Crippen molar-refractivity contribution in [3.05, 3.63) is 4.91 Å². The maximum absolute atomic E-state index is 11.8. The molecular formula is C10H17N2O+. The van der Waals surface area contributed by atoms with Crippen molar-refractivity contribution >= 4 is 0 Å². The van der Waals surface area contributed by atoms with Gasteiger partial charge in [-0.05, 0) is 0 Å². The average Bonchev–Trinajstić information content (AvgIpc) is 1.99. The van der Waals surface area contributed by atoms with E-state index < -0.39 is 11.1 Å². The van der Waals surface area contributed by atoms with Crippen molar-refractivity contribution in [3.8, 4) is 6.07 Å². The minimum Gasteiger partial charge on any atom is -0.198 e. The Morgan fingerprint density at radius 2 is 1.62 bits per heavy atom. The highest BCUT2D eigenvalue weighted by atomic mass is 16.3. The van der Waals surface area contributed by atoms with Gasteiger partial charge < -0.3 is 0 Å². The monoisotopic (exact) mass is 181 g/mol. The van der Waals surface area contributed by atoms with Gasteiger partial charge in [-0.3, -0.25) is 0 Å².